The third-order valence-electron chi connectivity index (χ3n) is 3.44. The molecule has 1 aliphatic heterocycles. The molecule has 0 radical (unpaired) electrons. The van der Waals surface area contributed by atoms with Gasteiger partial charge in [-0.1, -0.05) is 0 Å². The van der Waals surface area contributed by atoms with Crippen LogP contribution in [0.4, 0.5) is 17.6 Å². The van der Waals surface area contributed by atoms with Gasteiger partial charge in [-0.05, 0) is 0 Å². The van der Waals surface area contributed by atoms with Crippen LogP contribution < -0.4 is 9.47 Å². The minimum Gasteiger partial charge on any atom is -0.443 e. The van der Waals surface area contributed by atoms with Gasteiger partial charge >= 0.3 is 0 Å². The van der Waals surface area contributed by atoms with Gasteiger partial charge in [-0.15, -0.1) is 0 Å². The molecular weight excluding hydrogens is 356 g/mol. The molecule has 0 bridgehead atoms. The van der Waals surface area contributed by atoms with Crippen molar-refractivity contribution in [2.24, 2.45) is 0 Å². The molecule has 0 amide bonds. The first-order valence-corrected chi connectivity index (χ1v) is 6.47. The van der Waals surface area contributed by atoms with E-state index in [1.165, 1.54) is 24.3 Å². The van der Waals surface area contributed by atoms with Crippen molar-refractivity contribution >= 4 is 0 Å². The standard InChI is InChI=1S/C16F4N4O2/c17-9-5(1-21)6(2-22)10(18)14-13(9)25-15-11(19)7(3-23)8(4-24)12(20)16(15)26-14. The van der Waals surface area contributed by atoms with E-state index in [9.17, 15) is 17.6 Å². The highest BCUT2D eigenvalue weighted by Gasteiger charge is 2.37. The Morgan fingerprint density at radius 1 is 0.462 bits per heavy atom. The fourth-order valence-electron chi connectivity index (χ4n) is 2.28. The summed E-state index contributed by atoms with van der Waals surface area (Å²) in [5, 5.41) is 35.5. The van der Waals surface area contributed by atoms with Crippen LogP contribution in [-0.4, -0.2) is 0 Å². The van der Waals surface area contributed by atoms with Gasteiger partial charge in [0.25, 0.3) is 0 Å². The fraction of sp³-hybridized carbons (Fsp3) is 0. The second kappa shape index (κ2) is 5.66. The molecule has 0 spiro atoms. The third-order valence-corrected chi connectivity index (χ3v) is 3.44. The number of ether oxygens (including phenoxy) is 2. The van der Waals surface area contributed by atoms with E-state index < -0.39 is 68.5 Å². The molecule has 1 aliphatic rings. The van der Waals surface area contributed by atoms with Crippen LogP contribution in [0, 0.1) is 68.6 Å². The lowest BCUT2D eigenvalue weighted by Crippen LogP contribution is -2.11. The Morgan fingerprint density at radius 3 is 0.808 bits per heavy atom. The SMILES string of the molecule is N#Cc1c(F)c2c(c(F)c1C#N)Oc1c(F)c(C#N)c(C#N)c(F)c1O2. The van der Waals surface area contributed by atoms with E-state index in [1.54, 1.807) is 0 Å². The molecule has 6 nitrogen and oxygen atoms in total. The van der Waals surface area contributed by atoms with Crippen LogP contribution in [-0.2, 0) is 0 Å². The Morgan fingerprint density at radius 2 is 0.654 bits per heavy atom. The van der Waals surface area contributed by atoms with Crippen molar-refractivity contribution in [2.45, 2.75) is 0 Å². The van der Waals surface area contributed by atoms with Gasteiger partial charge in [0.1, 0.15) is 46.5 Å². The minimum atomic E-state index is -1.53. The highest BCUT2D eigenvalue weighted by atomic mass is 19.1. The Labute approximate surface area is 141 Å². The molecule has 3 rings (SSSR count). The Hall–Kier alpha value is -4.28. The number of nitriles is 4. The molecule has 0 saturated heterocycles. The van der Waals surface area contributed by atoms with Gasteiger partial charge in [0.2, 0.25) is 23.0 Å². The first-order valence-electron chi connectivity index (χ1n) is 6.47. The van der Waals surface area contributed by atoms with Gasteiger partial charge in [-0.3, -0.25) is 0 Å². The van der Waals surface area contributed by atoms with Crippen molar-refractivity contribution in [3.05, 3.63) is 45.5 Å². The maximum atomic E-state index is 14.4. The second-order valence-electron chi connectivity index (χ2n) is 4.72. The third kappa shape index (κ3) is 1.94. The molecule has 2 aromatic carbocycles. The van der Waals surface area contributed by atoms with Crippen molar-refractivity contribution in [3.8, 4) is 47.3 Å². The summed E-state index contributed by atoms with van der Waals surface area (Å²) in [6, 6.07) is 5.04. The van der Waals surface area contributed by atoms with Crippen molar-refractivity contribution < 1.29 is 27.0 Å². The number of nitrogens with zero attached hydrogens (tertiary/aromatic N) is 4. The number of hydrogen-bond acceptors (Lipinski definition) is 6. The van der Waals surface area contributed by atoms with Gasteiger partial charge in [0, 0.05) is 0 Å². The van der Waals surface area contributed by atoms with Crippen molar-refractivity contribution in [1.82, 2.24) is 0 Å². The van der Waals surface area contributed by atoms with E-state index in [2.05, 4.69) is 0 Å². The van der Waals surface area contributed by atoms with Gasteiger partial charge in [0.05, 0.1) is 0 Å². The van der Waals surface area contributed by atoms with Crippen LogP contribution in [0.3, 0.4) is 0 Å². The summed E-state index contributed by atoms with van der Waals surface area (Å²) in [5.74, 6) is -10.5. The molecule has 10 heteroatoms. The monoisotopic (exact) mass is 356 g/mol. The lowest BCUT2D eigenvalue weighted by atomic mass is 10.0. The molecule has 2 aromatic rings. The molecule has 0 unspecified atom stereocenters. The van der Waals surface area contributed by atoms with E-state index in [1.807, 2.05) is 0 Å². The van der Waals surface area contributed by atoms with E-state index in [0.717, 1.165) is 0 Å². The van der Waals surface area contributed by atoms with Crippen LogP contribution in [0.2, 0.25) is 0 Å². The molecular formula is C16F4N4O2. The highest BCUT2D eigenvalue weighted by molar-refractivity contribution is 5.66. The largest absolute Gasteiger partial charge is 0.443 e. The zero-order valence-electron chi connectivity index (χ0n) is 12.1. The van der Waals surface area contributed by atoms with Crippen LogP contribution in [0.25, 0.3) is 0 Å². The topological polar surface area (TPSA) is 114 Å². The van der Waals surface area contributed by atoms with Gasteiger partial charge in [0.15, 0.2) is 23.3 Å². The maximum absolute atomic E-state index is 14.4. The van der Waals surface area contributed by atoms with Crippen LogP contribution in [0.1, 0.15) is 22.3 Å². The first-order chi connectivity index (χ1) is 12.4. The zero-order chi connectivity index (χ0) is 19.2. The van der Waals surface area contributed by atoms with Gasteiger partial charge in [-0.25, -0.2) is 17.6 Å². The molecule has 1 heterocycles. The highest BCUT2D eigenvalue weighted by Crippen LogP contribution is 2.52. The van der Waals surface area contributed by atoms with Crippen molar-refractivity contribution in [1.29, 1.82) is 21.0 Å². The predicted octanol–water partition coefficient (Wildman–Crippen LogP) is 3.63. The molecule has 0 fully saturated rings. The summed E-state index contributed by atoms with van der Waals surface area (Å²) in [6.07, 6.45) is 0. The summed E-state index contributed by atoms with van der Waals surface area (Å²) in [4.78, 5) is 0. The number of benzene rings is 2. The maximum Gasteiger partial charge on any atom is 0.210 e. The summed E-state index contributed by atoms with van der Waals surface area (Å²) in [7, 11) is 0. The van der Waals surface area contributed by atoms with E-state index in [-0.39, 0.29) is 0 Å². The van der Waals surface area contributed by atoms with E-state index in [0.29, 0.717) is 0 Å². The Balaban J connectivity index is 2.39. The number of rotatable bonds is 0. The molecule has 0 atom stereocenters. The molecule has 26 heavy (non-hydrogen) atoms. The van der Waals surface area contributed by atoms with Gasteiger partial charge < -0.3 is 9.47 Å². The fourth-order valence-corrected chi connectivity index (χ4v) is 2.28. The van der Waals surface area contributed by atoms with Crippen molar-refractivity contribution in [3.63, 3.8) is 0 Å². The molecule has 124 valence electrons. The summed E-state index contributed by atoms with van der Waals surface area (Å²) in [5.41, 5.74) is -4.09. The number of fused-ring (bicyclic) bond motifs is 2. The predicted molar refractivity (Wildman–Crippen MR) is 71.7 cm³/mol. The molecule has 0 aromatic heterocycles. The van der Waals surface area contributed by atoms with Crippen LogP contribution in [0.15, 0.2) is 0 Å². The van der Waals surface area contributed by atoms with E-state index >= 15 is 0 Å². The summed E-state index contributed by atoms with van der Waals surface area (Å²) < 4.78 is 67.0. The molecule has 0 aliphatic carbocycles. The van der Waals surface area contributed by atoms with Gasteiger partial charge in [-0.2, -0.15) is 21.0 Å². The average Bonchev–Trinajstić information content (AvgIpc) is 2.65. The Kier molecular flexibility index (Phi) is 3.61. The summed E-state index contributed by atoms with van der Waals surface area (Å²) >= 11 is 0. The quantitative estimate of drug-likeness (QED) is 0.568. The molecule has 0 saturated carbocycles. The van der Waals surface area contributed by atoms with E-state index in [4.69, 9.17) is 30.5 Å². The first kappa shape index (κ1) is 16.6. The van der Waals surface area contributed by atoms with Crippen LogP contribution >= 0.6 is 0 Å². The number of hydrogen-bond donors (Lipinski definition) is 0. The number of halogens is 4. The van der Waals surface area contributed by atoms with Crippen molar-refractivity contribution in [2.75, 3.05) is 0 Å². The Bertz CT molecular complexity index is 997. The lowest BCUT2D eigenvalue weighted by molar-refractivity contribution is 0.299. The lowest BCUT2D eigenvalue weighted by Gasteiger charge is -2.23. The summed E-state index contributed by atoms with van der Waals surface area (Å²) in [6.45, 7) is 0. The zero-order valence-corrected chi connectivity index (χ0v) is 12.1. The second-order valence-corrected chi connectivity index (χ2v) is 4.72. The minimum absolute atomic E-state index is 1.02. The smallest absolute Gasteiger partial charge is 0.210 e. The average molecular weight is 356 g/mol. The van der Waals surface area contributed by atoms with Crippen LogP contribution in [0.5, 0.6) is 23.0 Å². The molecule has 0 N–H and O–H groups in total. The normalized spacial score (nSPS) is 10.8.